The van der Waals surface area contributed by atoms with Gasteiger partial charge >= 0.3 is 6.03 Å². The lowest BCUT2D eigenvalue weighted by Crippen LogP contribution is -2.52. The van der Waals surface area contributed by atoms with E-state index in [0.29, 0.717) is 6.54 Å². The predicted octanol–water partition coefficient (Wildman–Crippen LogP) is 0.0612. The number of hydrogen-bond acceptors (Lipinski definition) is 3. The molecule has 1 aliphatic rings. The Hall–Kier alpha value is -1.07. The van der Waals surface area contributed by atoms with Crippen LogP contribution in [0, 0.1) is 0 Å². The van der Waals surface area contributed by atoms with Crippen LogP contribution in [0.3, 0.4) is 0 Å². The van der Waals surface area contributed by atoms with Gasteiger partial charge in [0.2, 0.25) is 0 Å². The molecule has 0 aliphatic carbocycles. The summed E-state index contributed by atoms with van der Waals surface area (Å²) in [5, 5.41) is 2.94. The topological polar surface area (TPSA) is 38.8 Å². The second-order valence-electron chi connectivity index (χ2n) is 4.61. The van der Waals surface area contributed by atoms with Crippen LogP contribution in [0.5, 0.6) is 0 Å². The van der Waals surface area contributed by atoms with Crippen LogP contribution in [0.2, 0.25) is 0 Å². The van der Waals surface area contributed by atoms with Crippen molar-refractivity contribution in [2.75, 3.05) is 59.9 Å². The molecule has 1 heterocycles. The van der Waals surface area contributed by atoms with Crippen LogP contribution in [0.4, 0.5) is 4.79 Å². The zero-order chi connectivity index (χ0) is 12.7. The second-order valence-corrected chi connectivity index (χ2v) is 4.61. The summed E-state index contributed by atoms with van der Waals surface area (Å²) in [6.07, 6.45) is 1.91. The Kier molecular flexibility index (Phi) is 6.00. The third kappa shape index (κ3) is 5.19. The predicted molar refractivity (Wildman–Crippen MR) is 70.2 cm³/mol. The van der Waals surface area contributed by atoms with Gasteiger partial charge in [-0.15, -0.1) is 6.58 Å². The van der Waals surface area contributed by atoms with Crippen molar-refractivity contribution in [2.45, 2.75) is 0 Å². The molecule has 17 heavy (non-hydrogen) atoms. The van der Waals surface area contributed by atoms with E-state index in [1.54, 1.807) is 0 Å². The number of nitrogens with one attached hydrogen (secondary N) is 1. The largest absolute Gasteiger partial charge is 0.337 e. The Balaban J connectivity index is 2.19. The van der Waals surface area contributed by atoms with Gasteiger partial charge in [-0.2, -0.15) is 0 Å². The van der Waals surface area contributed by atoms with Gasteiger partial charge < -0.3 is 15.1 Å². The van der Waals surface area contributed by atoms with Gasteiger partial charge in [-0.25, -0.2) is 4.79 Å². The molecule has 1 rings (SSSR count). The second kappa shape index (κ2) is 7.29. The highest BCUT2D eigenvalue weighted by Gasteiger charge is 2.19. The minimum absolute atomic E-state index is 0.0603. The molecular weight excluding hydrogens is 216 g/mol. The Morgan fingerprint density at radius 3 is 2.53 bits per heavy atom. The molecule has 0 atom stereocenters. The molecule has 5 heteroatoms. The summed E-state index contributed by atoms with van der Waals surface area (Å²) in [6, 6.07) is 0.0603. The smallest absolute Gasteiger partial charge is 0.317 e. The number of carbonyl (C=O) groups is 1. The van der Waals surface area contributed by atoms with E-state index in [1.165, 1.54) is 0 Å². The molecule has 1 saturated heterocycles. The fraction of sp³-hybridized carbons (Fsp3) is 0.750. The van der Waals surface area contributed by atoms with Gasteiger partial charge in [-0.1, -0.05) is 6.08 Å². The van der Waals surface area contributed by atoms with Crippen LogP contribution in [0.15, 0.2) is 12.7 Å². The molecule has 1 N–H and O–H groups in total. The van der Waals surface area contributed by atoms with Crippen LogP contribution >= 0.6 is 0 Å². The third-order valence-electron chi connectivity index (χ3n) is 2.88. The van der Waals surface area contributed by atoms with Gasteiger partial charge in [0.1, 0.15) is 0 Å². The van der Waals surface area contributed by atoms with Crippen LogP contribution in [0.25, 0.3) is 0 Å². The monoisotopic (exact) mass is 240 g/mol. The number of piperazine rings is 1. The van der Waals surface area contributed by atoms with E-state index in [0.717, 1.165) is 39.3 Å². The van der Waals surface area contributed by atoms with E-state index < -0.39 is 0 Å². The molecular formula is C12H24N4O. The van der Waals surface area contributed by atoms with E-state index in [1.807, 2.05) is 25.1 Å². The van der Waals surface area contributed by atoms with E-state index in [-0.39, 0.29) is 6.03 Å². The lowest BCUT2D eigenvalue weighted by Gasteiger charge is -2.34. The molecule has 0 radical (unpaired) electrons. The van der Waals surface area contributed by atoms with E-state index in [2.05, 4.69) is 21.7 Å². The average molecular weight is 240 g/mol. The van der Waals surface area contributed by atoms with Crippen molar-refractivity contribution in [3.05, 3.63) is 12.7 Å². The first-order valence-electron chi connectivity index (χ1n) is 6.14. The highest BCUT2D eigenvalue weighted by Crippen LogP contribution is 2.01. The molecule has 0 aromatic rings. The van der Waals surface area contributed by atoms with Crippen LogP contribution in [0.1, 0.15) is 0 Å². The quantitative estimate of drug-likeness (QED) is 0.691. The number of hydrogen-bond donors (Lipinski definition) is 1. The summed E-state index contributed by atoms with van der Waals surface area (Å²) < 4.78 is 0. The lowest BCUT2D eigenvalue weighted by molar-refractivity contribution is 0.146. The van der Waals surface area contributed by atoms with Crippen LogP contribution in [-0.4, -0.2) is 80.6 Å². The summed E-state index contributed by atoms with van der Waals surface area (Å²) in [6.45, 7) is 9.71. The maximum absolute atomic E-state index is 11.8. The van der Waals surface area contributed by atoms with Crippen molar-refractivity contribution in [3.63, 3.8) is 0 Å². The van der Waals surface area contributed by atoms with Gasteiger partial charge in [0.05, 0.1) is 0 Å². The number of likely N-dealkylation sites (N-methyl/N-ethyl adjacent to an activating group) is 1. The molecule has 0 spiro atoms. The Morgan fingerprint density at radius 1 is 1.35 bits per heavy atom. The van der Waals surface area contributed by atoms with Crippen molar-refractivity contribution in [2.24, 2.45) is 0 Å². The number of nitrogens with zero attached hydrogens (tertiary/aromatic N) is 3. The van der Waals surface area contributed by atoms with Gasteiger partial charge in [0, 0.05) is 45.8 Å². The first kappa shape index (κ1) is 14.0. The molecule has 1 aliphatic heterocycles. The molecule has 0 bridgehead atoms. The molecule has 98 valence electrons. The normalized spacial score (nSPS) is 17.2. The summed E-state index contributed by atoms with van der Waals surface area (Å²) in [5.74, 6) is 0. The minimum Gasteiger partial charge on any atom is -0.337 e. The number of carbonyl (C=O) groups excluding carboxylic acids is 1. The average Bonchev–Trinajstić information content (AvgIpc) is 2.30. The molecule has 0 saturated carbocycles. The van der Waals surface area contributed by atoms with Gasteiger partial charge in [-0.05, 0) is 14.1 Å². The zero-order valence-corrected chi connectivity index (χ0v) is 11.0. The van der Waals surface area contributed by atoms with E-state index in [4.69, 9.17) is 0 Å². The third-order valence-corrected chi connectivity index (χ3v) is 2.88. The maximum Gasteiger partial charge on any atom is 0.317 e. The first-order chi connectivity index (χ1) is 8.13. The molecule has 5 nitrogen and oxygen atoms in total. The summed E-state index contributed by atoms with van der Waals surface area (Å²) in [5.41, 5.74) is 0. The Bertz CT molecular complexity index is 247. The first-order valence-corrected chi connectivity index (χ1v) is 6.14. The Labute approximate surface area is 104 Å². The number of amides is 2. The maximum atomic E-state index is 11.8. The van der Waals surface area contributed by atoms with Crippen molar-refractivity contribution in [3.8, 4) is 0 Å². The van der Waals surface area contributed by atoms with E-state index >= 15 is 0 Å². The number of rotatable bonds is 5. The highest BCUT2D eigenvalue weighted by atomic mass is 16.2. The van der Waals surface area contributed by atoms with Crippen molar-refractivity contribution in [1.29, 1.82) is 0 Å². The summed E-state index contributed by atoms with van der Waals surface area (Å²) in [4.78, 5) is 18.0. The van der Waals surface area contributed by atoms with Crippen molar-refractivity contribution in [1.82, 2.24) is 20.0 Å². The Morgan fingerprint density at radius 2 is 2.00 bits per heavy atom. The number of urea groups is 1. The fourth-order valence-electron chi connectivity index (χ4n) is 1.81. The summed E-state index contributed by atoms with van der Waals surface area (Å²) >= 11 is 0. The molecule has 0 aromatic carbocycles. The summed E-state index contributed by atoms with van der Waals surface area (Å²) in [7, 11) is 4.00. The molecule has 0 aromatic heterocycles. The van der Waals surface area contributed by atoms with Gasteiger partial charge in [0.25, 0.3) is 0 Å². The highest BCUT2D eigenvalue weighted by molar-refractivity contribution is 5.74. The van der Waals surface area contributed by atoms with Crippen LogP contribution < -0.4 is 5.32 Å². The fourth-order valence-corrected chi connectivity index (χ4v) is 1.81. The van der Waals surface area contributed by atoms with Crippen molar-refractivity contribution < 1.29 is 4.79 Å². The minimum atomic E-state index is 0.0603. The SMILES string of the molecule is C=CCN1CCN(C(=O)NCCN(C)C)CC1. The molecule has 2 amide bonds. The van der Waals surface area contributed by atoms with Crippen molar-refractivity contribution >= 4 is 6.03 Å². The molecule has 1 fully saturated rings. The van der Waals surface area contributed by atoms with Gasteiger partial charge in [-0.3, -0.25) is 4.90 Å². The zero-order valence-electron chi connectivity index (χ0n) is 11.0. The lowest BCUT2D eigenvalue weighted by atomic mass is 10.3. The van der Waals surface area contributed by atoms with Gasteiger partial charge in [0.15, 0.2) is 0 Å². The standard InChI is InChI=1S/C12H24N4O/c1-4-6-15-8-10-16(11-9-15)12(17)13-5-7-14(2)3/h4H,1,5-11H2,2-3H3,(H,13,17). The van der Waals surface area contributed by atoms with Crippen LogP contribution in [-0.2, 0) is 0 Å². The van der Waals surface area contributed by atoms with E-state index in [9.17, 15) is 4.79 Å². The molecule has 0 unspecified atom stereocenters.